The lowest BCUT2D eigenvalue weighted by Gasteiger charge is -2.13. The lowest BCUT2D eigenvalue weighted by atomic mass is 9.98. The Bertz CT molecular complexity index is 878. The molecule has 0 radical (unpaired) electrons. The summed E-state index contributed by atoms with van der Waals surface area (Å²) in [5.41, 5.74) is 16.5. The Morgan fingerprint density at radius 3 is 2.52 bits per heavy atom. The molecule has 0 saturated heterocycles. The van der Waals surface area contributed by atoms with Crippen molar-refractivity contribution in [1.29, 1.82) is 0 Å². The smallest absolute Gasteiger partial charge is 0.256 e. The number of nitrogens with one attached hydrogen (secondary N) is 1. The molecule has 1 aromatic heterocycles. The molecule has 0 aliphatic heterocycles. The van der Waals surface area contributed by atoms with E-state index >= 15 is 0 Å². The van der Waals surface area contributed by atoms with E-state index in [4.69, 9.17) is 11.5 Å². The van der Waals surface area contributed by atoms with Gasteiger partial charge in [0.1, 0.15) is 0 Å². The molecule has 0 atom stereocenters. The van der Waals surface area contributed by atoms with E-state index in [-0.39, 0.29) is 5.91 Å². The second-order valence-electron chi connectivity index (χ2n) is 5.76. The highest BCUT2D eigenvalue weighted by Crippen LogP contribution is 2.22. The van der Waals surface area contributed by atoms with Gasteiger partial charge in [0, 0.05) is 42.3 Å². The van der Waals surface area contributed by atoms with Crippen molar-refractivity contribution in [3.05, 3.63) is 89.2 Å². The van der Waals surface area contributed by atoms with Crippen molar-refractivity contribution in [1.82, 2.24) is 4.98 Å². The molecule has 25 heavy (non-hydrogen) atoms. The summed E-state index contributed by atoms with van der Waals surface area (Å²) in [7, 11) is 0. The first kappa shape index (κ1) is 16.7. The molecule has 0 aliphatic carbocycles. The number of amides is 1. The maximum Gasteiger partial charge on any atom is 0.256 e. The Morgan fingerprint density at radius 2 is 1.76 bits per heavy atom. The van der Waals surface area contributed by atoms with E-state index in [9.17, 15) is 4.79 Å². The van der Waals surface area contributed by atoms with Crippen LogP contribution >= 0.6 is 0 Å². The number of hydrogen-bond acceptors (Lipinski definition) is 4. The van der Waals surface area contributed by atoms with Crippen LogP contribution in [0.5, 0.6) is 0 Å². The minimum absolute atomic E-state index is 0.189. The third-order valence-electron chi connectivity index (χ3n) is 4.01. The van der Waals surface area contributed by atoms with Gasteiger partial charge in [-0.05, 0) is 53.1 Å². The molecule has 0 unspecified atom stereocenters. The molecule has 5 nitrogen and oxygen atoms in total. The molecular weight excluding hydrogens is 312 g/mol. The number of nitrogens with zero attached hydrogens (tertiary/aromatic N) is 1. The predicted molar refractivity (Wildman–Crippen MR) is 100 cm³/mol. The summed E-state index contributed by atoms with van der Waals surface area (Å²) in [4.78, 5) is 16.8. The zero-order valence-electron chi connectivity index (χ0n) is 13.8. The molecule has 0 bridgehead atoms. The van der Waals surface area contributed by atoms with Crippen LogP contribution in [0.1, 0.15) is 27.0 Å². The molecule has 3 aromatic rings. The molecule has 5 N–H and O–H groups in total. The second kappa shape index (κ2) is 7.59. The van der Waals surface area contributed by atoms with Gasteiger partial charge in [-0.1, -0.05) is 18.2 Å². The summed E-state index contributed by atoms with van der Waals surface area (Å²) in [5.74, 6) is -0.189. The van der Waals surface area contributed by atoms with Gasteiger partial charge in [-0.2, -0.15) is 0 Å². The van der Waals surface area contributed by atoms with Crippen LogP contribution in [0.25, 0.3) is 0 Å². The minimum atomic E-state index is -0.189. The van der Waals surface area contributed by atoms with Crippen molar-refractivity contribution in [2.75, 3.05) is 11.1 Å². The molecule has 2 aromatic carbocycles. The highest BCUT2D eigenvalue weighted by molar-refractivity contribution is 6.06. The van der Waals surface area contributed by atoms with Crippen LogP contribution in [0.4, 0.5) is 11.4 Å². The predicted octanol–water partition coefficient (Wildman–Crippen LogP) is 2.97. The summed E-state index contributed by atoms with van der Waals surface area (Å²) in [6.07, 6.45) is 4.03. The lowest BCUT2D eigenvalue weighted by molar-refractivity contribution is 0.102. The molecule has 126 valence electrons. The van der Waals surface area contributed by atoms with Gasteiger partial charge in [0.25, 0.3) is 5.91 Å². The Kier molecular flexibility index (Phi) is 5.06. The summed E-state index contributed by atoms with van der Waals surface area (Å²) in [6.45, 7) is 0.426. The molecule has 1 amide bonds. The number of carbonyl (C=O) groups is 1. The maximum absolute atomic E-state index is 12.8. The van der Waals surface area contributed by atoms with Crippen molar-refractivity contribution < 1.29 is 4.79 Å². The van der Waals surface area contributed by atoms with Crippen LogP contribution in [0, 0.1) is 0 Å². The Labute approximate surface area is 146 Å². The Hall–Kier alpha value is -3.18. The first-order valence-electron chi connectivity index (χ1n) is 8.04. The van der Waals surface area contributed by atoms with Gasteiger partial charge in [0.05, 0.1) is 0 Å². The Balaban J connectivity index is 1.88. The van der Waals surface area contributed by atoms with E-state index in [1.165, 1.54) is 0 Å². The van der Waals surface area contributed by atoms with E-state index in [0.29, 0.717) is 29.9 Å². The summed E-state index contributed by atoms with van der Waals surface area (Å²) < 4.78 is 0. The largest absolute Gasteiger partial charge is 0.398 e. The lowest BCUT2D eigenvalue weighted by Crippen LogP contribution is -2.16. The van der Waals surface area contributed by atoms with Crippen LogP contribution in [-0.4, -0.2) is 10.9 Å². The van der Waals surface area contributed by atoms with Crippen LogP contribution in [0.3, 0.4) is 0 Å². The fraction of sp³-hybridized carbons (Fsp3) is 0.100. The van der Waals surface area contributed by atoms with Gasteiger partial charge in [-0.25, -0.2) is 0 Å². The fourth-order valence-electron chi connectivity index (χ4n) is 2.69. The van der Waals surface area contributed by atoms with Crippen LogP contribution < -0.4 is 16.8 Å². The molecule has 3 rings (SSSR count). The zero-order chi connectivity index (χ0) is 17.6. The van der Waals surface area contributed by atoms with Crippen molar-refractivity contribution in [2.24, 2.45) is 5.73 Å². The number of rotatable bonds is 5. The van der Waals surface area contributed by atoms with Gasteiger partial charge in [0.2, 0.25) is 0 Å². The molecule has 5 heteroatoms. The number of nitrogens with two attached hydrogens (primary N) is 2. The third-order valence-corrected chi connectivity index (χ3v) is 4.01. The van der Waals surface area contributed by atoms with Gasteiger partial charge in [-0.3, -0.25) is 9.78 Å². The average molecular weight is 332 g/mol. The van der Waals surface area contributed by atoms with E-state index in [1.54, 1.807) is 24.5 Å². The van der Waals surface area contributed by atoms with Crippen molar-refractivity contribution in [3.63, 3.8) is 0 Å². The maximum atomic E-state index is 12.8. The SMILES string of the molecule is NCc1cccc(NC(=O)c2cccc(N)c2Cc2ccncc2)c1. The van der Waals surface area contributed by atoms with E-state index in [0.717, 1.165) is 16.7 Å². The summed E-state index contributed by atoms with van der Waals surface area (Å²) in [5, 5.41) is 2.92. The van der Waals surface area contributed by atoms with Gasteiger partial charge >= 0.3 is 0 Å². The standard InChI is InChI=1S/C20H20N4O/c21-13-15-3-1-4-16(11-15)24-20(25)17-5-2-6-19(22)18(17)12-14-7-9-23-10-8-14/h1-11H,12-13,21-22H2,(H,24,25). The van der Waals surface area contributed by atoms with Crippen molar-refractivity contribution in [3.8, 4) is 0 Å². The molecule has 0 spiro atoms. The molecular formula is C20H20N4O. The van der Waals surface area contributed by atoms with E-state index in [1.807, 2.05) is 42.5 Å². The van der Waals surface area contributed by atoms with Gasteiger partial charge in [0.15, 0.2) is 0 Å². The summed E-state index contributed by atoms with van der Waals surface area (Å²) in [6, 6.07) is 16.7. The summed E-state index contributed by atoms with van der Waals surface area (Å²) >= 11 is 0. The topological polar surface area (TPSA) is 94.0 Å². The zero-order valence-corrected chi connectivity index (χ0v) is 13.8. The van der Waals surface area contributed by atoms with Crippen LogP contribution in [-0.2, 0) is 13.0 Å². The van der Waals surface area contributed by atoms with Crippen molar-refractivity contribution in [2.45, 2.75) is 13.0 Å². The monoisotopic (exact) mass is 332 g/mol. The number of carbonyl (C=O) groups excluding carboxylic acids is 1. The van der Waals surface area contributed by atoms with Gasteiger partial charge < -0.3 is 16.8 Å². The first-order chi connectivity index (χ1) is 12.2. The average Bonchev–Trinajstić information content (AvgIpc) is 2.64. The van der Waals surface area contributed by atoms with Crippen LogP contribution in [0.2, 0.25) is 0 Å². The normalized spacial score (nSPS) is 10.4. The molecule has 0 saturated carbocycles. The molecule has 1 heterocycles. The second-order valence-corrected chi connectivity index (χ2v) is 5.76. The molecule has 0 fully saturated rings. The molecule has 0 aliphatic rings. The minimum Gasteiger partial charge on any atom is -0.398 e. The number of benzene rings is 2. The Morgan fingerprint density at radius 1 is 1.00 bits per heavy atom. The fourth-order valence-corrected chi connectivity index (χ4v) is 2.69. The number of anilines is 2. The number of aromatic nitrogens is 1. The highest BCUT2D eigenvalue weighted by atomic mass is 16.1. The number of nitrogen functional groups attached to an aromatic ring is 1. The third kappa shape index (κ3) is 4.02. The van der Waals surface area contributed by atoms with Crippen LogP contribution in [0.15, 0.2) is 67.0 Å². The van der Waals surface area contributed by atoms with E-state index < -0.39 is 0 Å². The highest BCUT2D eigenvalue weighted by Gasteiger charge is 2.14. The number of pyridine rings is 1. The number of hydrogen-bond donors (Lipinski definition) is 3. The van der Waals surface area contributed by atoms with Crippen molar-refractivity contribution >= 4 is 17.3 Å². The van der Waals surface area contributed by atoms with Gasteiger partial charge in [-0.15, -0.1) is 0 Å². The first-order valence-corrected chi connectivity index (χ1v) is 8.04. The van der Waals surface area contributed by atoms with E-state index in [2.05, 4.69) is 10.3 Å². The quantitative estimate of drug-likeness (QED) is 0.626.